The number of ether oxygens (including phenoxy) is 1. The SMILES string of the molecule is O=C(NCCN1CCC(OCc2ccccc2)CC1)c1cccnc1. The average Bonchev–Trinajstić information content (AvgIpc) is 2.69. The van der Waals surface area contributed by atoms with Crippen LogP contribution < -0.4 is 5.32 Å². The number of benzene rings is 1. The maximum absolute atomic E-state index is 12.0. The van der Waals surface area contributed by atoms with Gasteiger partial charge >= 0.3 is 0 Å². The van der Waals surface area contributed by atoms with Crippen molar-refractivity contribution in [3.05, 3.63) is 66.0 Å². The summed E-state index contributed by atoms with van der Waals surface area (Å²) in [6.07, 6.45) is 5.68. The van der Waals surface area contributed by atoms with E-state index in [0.717, 1.165) is 32.5 Å². The second-order valence-corrected chi connectivity index (χ2v) is 6.34. The number of carbonyl (C=O) groups is 1. The highest BCUT2D eigenvalue weighted by atomic mass is 16.5. The second-order valence-electron chi connectivity index (χ2n) is 6.34. The van der Waals surface area contributed by atoms with Crippen LogP contribution in [0.4, 0.5) is 0 Å². The molecule has 1 saturated heterocycles. The Labute approximate surface area is 149 Å². The van der Waals surface area contributed by atoms with E-state index in [4.69, 9.17) is 4.74 Å². The van der Waals surface area contributed by atoms with Crippen molar-refractivity contribution >= 4 is 5.91 Å². The Morgan fingerprint density at radius 2 is 1.96 bits per heavy atom. The van der Waals surface area contributed by atoms with Crippen molar-refractivity contribution in [2.45, 2.75) is 25.6 Å². The van der Waals surface area contributed by atoms with Crippen LogP contribution in [0.25, 0.3) is 0 Å². The first-order chi connectivity index (χ1) is 12.3. The molecule has 5 heteroatoms. The summed E-state index contributed by atoms with van der Waals surface area (Å²) in [4.78, 5) is 18.3. The molecule has 1 aromatic heterocycles. The van der Waals surface area contributed by atoms with Crippen molar-refractivity contribution in [2.75, 3.05) is 26.2 Å². The van der Waals surface area contributed by atoms with Crippen LogP contribution in [-0.2, 0) is 11.3 Å². The van der Waals surface area contributed by atoms with Crippen molar-refractivity contribution < 1.29 is 9.53 Å². The highest BCUT2D eigenvalue weighted by molar-refractivity contribution is 5.93. The Morgan fingerprint density at radius 3 is 2.68 bits per heavy atom. The van der Waals surface area contributed by atoms with Gasteiger partial charge in [-0.1, -0.05) is 30.3 Å². The number of nitrogens with one attached hydrogen (secondary N) is 1. The van der Waals surface area contributed by atoms with Crippen LogP contribution in [0.5, 0.6) is 0 Å². The summed E-state index contributed by atoms with van der Waals surface area (Å²) in [6.45, 7) is 4.25. The number of amides is 1. The highest BCUT2D eigenvalue weighted by Gasteiger charge is 2.19. The van der Waals surface area contributed by atoms with E-state index >= 15 is 0 Å². The number of pyridine rings is 1. The number of piperidine rings is 1. The topological polar surface area (TPSA) is 54.5 Å². The van der Waals surface area contributed by atoms with E-state index in [2.05, 4.69) is 27.3 Å². The van der Waals surface area contributed by atoms with Gasteiger partial charge in [-0.2, -0.15) is 0 Å². The van der Waals surface area contributed by atoms with Gasteiger partial charge in [-0.3, -0.25) is 9.78 Å². The third-order valence-electron chi connectivity index (χ3n) is 4.50. The molecule has 0 aliphatic carbocycles. The third kappa shape index (κ3) is 5.66. The smallest absolute Gasteiger partial charge is 0.252 e. The summed E-state index contributed by atoms with van der Waals surface area (Å²) in [5, 5.41) is 2.95. The van der Waals surface area contributed by atoms with E-state index in [1.807, 2.05) is 18.2 Å². The number of aromatic nitrogens is 1. The molecular weight excluding hydrogens is 314 g/mol. The summed E-state index contributed by atoms with van der Waals surface area (Å²) >= 11 is 0. The van der Waals surface area contributed by atoms with Gasteiger partial charge in [0.2, 0.25) is 0 Å². The molecule has 1 aliphatic rings. The van der Waals surface area contributed by atoms with Gasteiger partial charge in [0.05, 0.1) is 18.3 Å². The van der Waals surface area contributed by atoms with E-state index in [9.17, 15) is 4.79 Å². The van der Waals surface area contributed by atoms with Gasteiger partial charge < -0.3 is 15.0 Å². The Kier molecular flexibility index (Phi) is 6.54. The molecular formula is C20H25N3O2. The van der Waals surface area contributed by atoms with Crippen molar-refractivity contribution in [2.24, 2.45) is 0 Å². The lowest BCUT2D eigenvalue weighted by molar-refractivity contribution is -0.00215. The van der Waals surface area contributed by atoms with Gasteiger partial charge in [0.1, 0.15) is 0 Å². The van der Waals surface area contributed by atoms with Crippen LogP contribution in [0.2, 0.25) is 0 Å². The Morgan fingerprint density at radius 1 is 1.16 bits per heavy atom. The third-order valence-corrected chi connectivity index (χ3v) is 4.50. The first kappa shape index (κ1) is 17.6. The predicted octanol–water partition coefficient (Wildman–Crippen LogP) is 2.49. The van der Waals surface area contributed by atoms with Gasteiger partial charge in [-0.05, 0) is 30.5 Å². The predicted molar refractivity (Wildman–Crippen MR) is 97.3 cm³/mol. The molecule has 1 aliphatic heterocycles. The molecule has 2 aromatic rings. The van der Waals surface area contributed by atoms with Gasteiger partial charge in [0.15, 0.2) is 0 Å². The van der Waals surface area contributed by atoms with Crippen LogP contribution >= 0.6 is 0 Å². The van der Waals surface area contributed by atoms with Gasteiger partial charge in [-0.25, -0.2) is 0 Å². The van der Waals surface area contributed by atoms with Crippen LogP contribution in [-0.4, -0.2) is 48.1 Å². The van der Waals surface area contributed by atoms with E-state index in [0.29, 0.717) is 24.8 Å². The van der Waals surface area contributed by atoms with Crippen molar-refractivity contribution in [1.29, 1.82) is 0 Å². The minimum absolute atomic E-state index is 0.0609. The van der Waals surface area contributed by atoms with Crippen LogP contribution in [0.3, 0.4) is 0 Å². The lowest BCUT2D eigenvalue weighted by Crippen LogP contribution is -2.41. The zero-order valence-corrected chi connectivity index (χ0v) is 14.4. The van der Waals surface area contributed by atoms with Gasteiger partial charge in [0, 0.05) is 38.6 Å². The molecule has 1 fully saturated rings. The van der Waals surface area contributed by atoms with E-state index in [1.165, 1.54) is 5.56 Å². The molecule has 0 spiro atoms. The molecule has 0 saturated carbocycles. The molecule has 5 nitrogen and oxygen atoms in total. The lowest BCUT2D eigenvalue weighted by Gasteiger charge is -2.31. The second kappa shape index (κ2) is 9.30. The van der Waals surface area contributed by atoms with E-state index in [-0.39, 0.29) is 5.91 Å². The molecule has 1 amide bonds. The standard InChI is InChI=1S/C20H25N3O2/c24-20(18-7-4-10-21-15-18)22-11-14-23-12-8-19(9-13-23)25-16-17-5-2-1-3-6-17/h1-7,10,15,19H,8-9,11-14,16H2,(H,22,24). The summed E-state index contributed by atoms with van der Waals surface area (Å²) in [5.41, 5.74) is 1.83. The quantitative estimate of drug-likeness (QED) is 0.842. The number of rotatable bonds is 7. The molecule has 3 rings (SSSR count). The minimum Gasteiger partial charge on any atom is -0.373 e. The summed E-state index contributed by atoms with van der Waals surface area (Å²) in [7, 11) is 0. The number of nitrogens with zero attached hydrogens (tertiary/aromatic N) is 2. The van der Waals surface area contributed by atoms with Crippen LogP contribution in [0.1, 0.15) is 28.8 Å². The molecule has 132 valence electrons. The van der Waals surface area contributed by atoms with Gasteiger partial charge in [-0.15, -0.1) is 0 Å². The minimum atomic E-state index is -0.0609. The van der Waals surface area contributed by atoms with Crippen molar-refractivity contribution in [3.63, 3.8) is 0 Å². The number of carbonyl (C=O) groups excluding carboxylic acids is 1. The largest absolute Gasteiger partial charge is 0.373 e. The number of likely N-dealkylation sites (tertiary alicyclic amines) is 1. The number of hydrogen-bond acceptors (Lipinski definition) is 4. The first-order valence-electron chi connectivity index (χ1n) is 8.87. The molecule has 25 heavy (non-hydrogen) atoms. The normalized spacial score (nSPS) is 15.8. The average molecular weight is 339 g/mol. The summed E-state index contributed by atoms with van der Waals surface area (Å²) in [6, 6.07) is 13.9. The molecule has 1 aromatic carbocycles. The fourth-order valence-corrected chi connectivity index (χ4v) is 3.01. The van der Waals surface area contributed by atoms with Crippen LogP contribution in [0, 0.1) is 0 Å². The van der Waals surface area contributed by atoms with E-state index < -0.39 is 0 Å². The maximum atomic E-state index is 12.0. The molecule has 0 radical (unpaired) electrons. The fourth-order valence-electron chi connectivity index (χ4n) is 3.01. The Bertz CT molecular complexity index is 641. The maximum Gasteiger partial charge on any atom is 0.252 e. The highest BCUT2D eigenvalue weighted by Crippen LogP contribution is 2.15. The van der Waals surface area contributed by atoms with Crippen LogP contribution in [0.15, 0.2) is 54.9 Å². The first-order valence-corrected chi connectivity index (χ1v) is 8.87. The molecule has 0 unspecified atom stereocenters. The molecule has 1 N–H and O–H groups in total. The Balaban J connectivity index is 1.31. The summed E-state index contributed by atoms with van der Waals surface area (Å²) < 4.78 is 6.01. The Hall–Kier alpha value is -2.24. The lowest BCUT2D eigenvalue weighted by atomic mass is 10.1. The van der Waals surface area contributed by atoms with Crippen molar-refractivity contribution in [3.8, 4) is 0 Å². The number of hydrogen-bond donors (Lipinski definition) is 1. The molecule has 0 bridgehead atoms. The zero-order valence-electron chi connectivity index (χ0n) is 14.4. The summed E-state index contributed by atoms with van der Waals surface area (Å²) in [5.74, 6) is -0.0609. The fraction of sp³-hybridized carbons (Fsp3) is 0.400. The monoisotopic (exact) mass is 339 g/mol. The van der Waals surface area contributed by atoms with Crippen molar-refractivity contribution in [1.82, 2.24) is 15.2 Å². The zero-order chi connectivity index (χ0) is 17.3. The molecule has 2 heterocycles. The van der Waals surface area contributed by atoms with E-state index in [1.54, 1.807) is 24.5 Å². The molecule has 0 atom stereocenters. The van der Waals surface area contributed by atoms with Gasteiger partial charge in [0.25, 0.3) is 5.91 Å².